The van der Waals surface area contributed by atoms with Gasteiger partial charge >= 0.3 is 5.97 Å². The average Bonchev–Trinajstić information content (AvgIpc) is 3.13. The molecule has 3 rings (SSSR count). The van der Waals surface area contributed by atoms with Gasteiger partial charge in [-0.3, -0.25) is 0 Å². The molecule has 0 bridgehead atoms. The molecule has 34 heavy (non-hydrogen) atoms. The summed E-state index contributed by atoms with van der Waals surface area (Å²) in [5.74, 6) is -0.220. The van der Waals surface area contributed by atoms with Gasteiger partial charge in [0.15, 0.2) is 11.5 Å². The molecule has 0 unspecified atom stereocenters. The van der Waals surface area contributed by atoms with Crippen molar-refractivity contribution in [2.45, 2.75) is 11.3 Å². The summed E-state index contributed by atoms with van der Waals surface area (Å²) in [5, 5.41) is 9.01. The molecule has 0 radical (unpaired) electrons. The predicted molar refractivity (Wildman–Crippen MR) is 127 cm³/mol. The first-order valence-electron chi connectivity index (χ1n) is 10.6. The van der Waals surface area contributed by atoms with Crippen LogP contribution >= 0.6 is 0 Å². The number of carbonyl (C=O) groups excluding carboxylic acids is 1. The van der Waals surface area contributed by atoms with Crippen molar-refractivity contribution < 1.29 is 27.4 Å². The Bertz CT molecular complexity index is 1200. The number of nitrogens with zero attached hydrogens (tertiary/aromatic N) is 3. The Hall–Kier alpha value is -3.55. The number of hydrogen-bond donors (Lipinski definition) is 0. The van der Waals surface area contributed by atoms with Gasteiger partial charge in [0.05, 0.1) is 33.0 Å². The normalized spacial score (nSPS) is 14.9. The van der Waals surface area contributed by atoms with Gasteiger partial charge in [-0.05, 0) is 54.5 Å². The highest BCUT2D eigenvalue weighted by Gasteiger charge is 2.31. The van der Waals surface area contributed by atoms with Gasteiger partial charge in [-0.1, -0.05) is 0 Å². The van der Waals surface area contributed by atoms with Gasteiger partial charge in [0.2, 0.25) is 10.0 Å². The number of benzene rings is 2. The average molecular weight is 486 g/mol. The molecule has 0 saturated carbocycles. The van der Waals surface area contributed by atoms with Crippen LogP contribution in [0.5, 0.6) is 11.5 Å². The molecular weight excluding hydrogens is 458 g/mol. The first kappa shape index (κ1) is 25.1. The maximum absolute atomic E-state index is 13.7. The van der Waals surface area contributed by atoms with Gasteiger partial charge in [-0.15, -0.1) is 0 Å². The van der Waals surface area contributed by atoms with E-state index >= 15 is 0 Å². The minimum Gasteiger partial charge on any atom is -0.493 e. The molecule has 9 nitrogen and oxygen atoms in total. The second-order valence-electron chi connectivity index (χ2n) is 7.51. The largest absolute Gasteiger partial charge is 0.493 e. The summed E-state index contributed by atoms with van der Waals surface area (Å²) in [6, 6.07) is 12.4. The lowest BCUT2D eigenvalue weighted by atomic mass is 10.2. The Kier molecular flexibility index (Phi) is 8.15. The number of sulfonamides is 1. The summed E-state index contributed by atoms with van der Waals surface area (Å²) in [6.07, 6.45) is 3.29. The molecule has 180 valence electrons. The van der Waals surface area contributed by atoms with E-state index in [0.29, 0.717) is 37.2 Å². The van der Waals surface area contributed by atoms with E-state index in [2.05, 4.69) is 15.7 Å². The van der Waals surface area contributed by atoms with E-state index in [-0.39, 0.29) is 22.9 Å². The van der Waals surface area contributed by atoms with E-state index < -0.39 is 16.0 Å². The fourth-order valence-electron chi connectivity index (χ4n) is 3.75. The van der Waals surface area contributed by atoms with Crippen LogP contribution in [0.15, 0.2) is 47.4 Å². The minimum absolute atomic E-state index is 0.0364. The Morgan fingerprint density at radius 1 is 1.03 bits per heavy atom. The van der Waals surface area contributed by atoms with Crippen molar-refractivity contribution in [2.75, 3.05) is 52.4 Å². The van der Waals surface area contributed by atoms with E-state index in [1.807, 2.05) is 12.1 Å². The van der Waals surface area contributed by atoms with Crippen LogP contribution in [0, 0.1) is 11.3 Å². The lowest BCUT2D eigenvalue weighted by Crippen LogP contribution is -2.35. The molecular formula is C24H27N3O6S. The smallest absolute Gasteiger partial charge is 0.330 e. The number of rotatable bonds is 7. The molecule has 0 N–H and O–H groups in total. The molecule has 1 heterocycles. The van der Waals surface area contributed by atoms with Crippen LogP contribution in [0.3, 0.4) is 0 Å². The summed E-state index contributed by atoms with van der Waals surface area (Å²) >= 11 is 0. The molecule has 0 amide bonds. The van der Waals surface area contributed by atoms with Gasteiger partial charge < -0.3 is 19.1 Å². The van der Waals surface area contributed by atoms with E-state index in [4.69, 9.17) is 14.7 Å². The SMILES string of the molecule is COC(=O)/C=C/c1cc(OC)c(OC)c(S(=O)(=O)N2CCCN(c3ccc(C#N)cc3)CC2)c1. The van der Waals surface area contributed by atoms with Crippen LogP contribution in [0.25, 0.3) is 6.08 Å². The molecule has 1 aliphatic rings. The molecule has 1 saturated heterocycles. The molecule has 0 aliphatic carbocycles. The molecule has 2 aromatic carbocycles. The summed E-state index contributed by atoms with van der Waals surface area (Å²) in [7, 11) is 0.131. The summed E-state index contributed by atoms with van der Waals surface area (Å²) in [6.45, 7) is 1.78. The van der Waals surface area contributed by atoms with Gasteiger partial charge in [-0.2, -0.15) is 9.57 Å². The first-order valence-corrected chi connectivity index (χ1v) is 12.1. The number of esters is 1. The Morgan fingerprint density at radius 2 is 1.76 bits per heavy atom. The third kappa shape index (κ3) is 5.50. The van der Waals surface area contributed by atoms with Crippen molar-refractivity contribution >= 4 is 27.8 Å². The van der Waals surface area contributed by atoms with Crippen molar-refractivity contribution in [3.63, 3.8) is 0 Å². The summed E-state index contributed by atoms with van der Waals surface area (Å²) in [5.41, 5.74) is 1.97. The maximum Gasteiger partial charge on any atom is 0.330 e. The van der Waals surface area contributed by atoms with Gasteiger partial charge in [0.25, 0.3) is 0 Å². The van der Waals surface area contributed by atoms with Crippen LogP contribution < -0.4 is 14.4 Å². The lowest BCUT2D eigenvalue weighted by molar-refractivity contribution is -0.134. The van der Waals surface area contributed by atoms with Crippen molar-refractivity contribution in [1.29, 1.82) is 5.26 Å². The predicted octanol–water partition coefficient (Wildman–Crippen LogP) is 2.66. The van der Waals surface area contributed by atoms with Gasteiger partial charge in [-0.25, -0.2) is 13.2 Å². The second-order valence-corrected chi connectivity index (χ2v) is 9.42. The van der Waals surface area contributed by atoms with Gasteiger partial charge in [0.1, 0.15) is 4.90 Å². The molecule has 1 aliphatic heterocycles. The summed E-state index contributed by atoms with van der Waals surface area (Å²) in [4.78, 5) is 13.6. The zero-order valence-electron chi connectivity index (χ0n) is 19.4. The second kappa shape index (κ2) is 11.0. The maximum atomic E-state index is 13.7. The fourth-order valence-corrected chi connectivity index (χ4v) is 5.42. The van der Waals surface area contributed by atoms with Crippen LogP contribution in [-0.4, -0.2) is 66.2 Å². The van der Waals surface area contributed by atoms with Crippen LogP contribution in [0.1, 0.15) is 17.5 Å². The lowest BCUT2D eigenvalue weighted by Gasteiger charge is -2.24. The number of hydrogen-bond acceptors (Lipinski definition) is 8. The van der Waals surface area contributed by atoms with Crippen molar-refractivity contribution in [1.82, 2.24) is 4.31 Å². The number of methoxy groups -OCH3 is 3. The molecule has 0 spiro atoms. The monoisotopic (exact) mass is 485 g/mol. The Morgan fingerprint density at radius 3 is 2.38 bits per heavy atom. The zero-order valence-corrected chi connectivity index (χ0v) is 20.2. The van der Waals surface area contributed by atoms with E-state index in [1.54, 1.807) is 18.2 Å². The third-order valence-corrected chi connectivity index (χ3v) is 7.42. The quantitative estimate of drug-likeness (QED) is 0.435. The van der Waals surface area contributed by atoms with E-state index in [0.717, 1.165) is 5.69 Å². The van der Waals surface area contributed by atoms with Crippen molar-refractivity contribution in [2.24, 2.45) is 0 Å². The molecule has 0 atom stereocenters. The molecule has 2 aromatic rings. The van der Waals surface area contributed by atoms with Crippen molar-refractivity contribution in [3.05, 3.63) is 53.6 Å². The highest BCUT2D eigenvalue weighted by Crippen LogP contribution is 2.38. The Labute approximate surface area is 199 Å². The highest BCUT2D eigenvalue weighted by atomic mass is 32.2. The van der Waals surface area contributed by atoms with E-state index in [9.17, 15) is 13.2 Å². The number of anilines is 1. The molecule has 1 fully saturated rings. The minimum atomic E-state index is -3.94. The van der Waals surface area contributed by atoms with Crippen LogP contribution in [0.2, 0.25) is 0 Å². The van der Waals surface area contributed by atoms with Crippen LogP contribution in [0.4, 0.5) is 5.69 Å². The topological polar surface area (TPSA) is 109 Å². The Balaban J connectivity index is 1.91. The van der Waals surface area contributed by atoms with Crippen molar-refractivity contribution in [3.8, 4) is 17.6 Å². The van der Waals surface area contributed by atoms with Gasteiger partial charge in [0, 0.05) is 37.9 Å². The van der Waals surface area contributed by atoms with E-state index in [1.165, 1.54) is 43.9 Å². The standard InChI is InChI=1S/C24H27N3O6S/c1-31-21-15-19(7-10-23(28)32-2)16-22(24(21)33-3)34(29,30)27-12-4-11-26(13-14-27)20-8-5-18(17-25)6-9-20/h5-10,15-16H,4,11-14H2,1-3H3/b10-7+. The first-order chi connectivity index (χ1) is 16.3. The molecule has 10 heteroatoms. The number of nitriles is 1. The fraction of sp³-hybridized carbons (Fsp3) is 0.333. The zero-order chi connectivity index (χ0) is 24.7. The molecule has 0 aromatic heterocycles. The third-order valence-electron chi connectivity index (χ3n) is 5.51. The number of carbonyl (C=O) groups is 1. The van der Waals surface area contributed by atoms with Crippen LogP contribution in [-0.2, 0) is 19.6 Å². The highest BCUT2D eigenvalue weighted by molar-refractivity contribution is 7.89. The summed E-state index contributed by atoms with van der Waals surface area (Å²) < 4.78 is 44.2. The number of ether oxygens (including phenoxy) is 3.